The third-order valence-electron chi connectivity index (χ3n) is 3.01. The van der Waals surface area contributed by atoms with Gasteiger partial charge < -0.3 is 15.0 Å². The summed E-state index contributed by atoms with van der Waals surface area (Å²) in [5.41, 5.74) is 0. The van der Waals surface area contributed by atoms with E-state index in [1.54, 1.807) is 0 Å². The van der Waals surface area contributed by atoms with Crippen molar-refractivity contribution in [1.82, 2.24) is 10.2 Å². The average Bonchev–Trinajstić information content (AvgIpc) is 2.35. The normalized spacial score (nSPS) is 19.5. The van der Waals surface area contributed by atoms with Crippen LogP contribution in [0.2, 0.25) is 0 Å². The van der Waals surface area contributed by atoms with Crippen LogP contribution in [0.3, 0.4) is 0 Å². The SMILES string of the molecule is CCOCCN(CC)C(=O)[C@H]1CCCCN1.Cl. The molecule has 1 aliphatic rings. The first-order chi connectivity index (χ1) is 7.79. The van der Waals surface area contributed by atoms with Crippen LogP contribution in [-0.4, -0.2) is 49.7 Å². The van der Waals surface area contributed by atoms with E-state index in [2.05, 4.69) is 5.32 Å². The molecular weight excluding hydrogens is 240 g/mol. The molecule has 102 valence electrons. The molecule has 0 spiro atoms. The molecule has 0 aliphatic carbocycles. The van der Waals surface area contributed by atoms with Crippen molar-refractivity contribution in [3.05, 3.63) is 0 Å². The van der Waals surface area contributed by atoms with Gasteiger partial charge in [-0.05, 0) is 33.2 Å². The molecule has 1 saturated heterocycles. The fourth-order valence-electron chi connectivity index (χ4n) is 2.03. The standard InChI is InChI=1S/C12H24N2O2.ClH/c1-3-14(9-10-16-4-2)12(15)11-7-5-6-8-13-11;/h11,13H,3-10H2,1-2H3;1H/t11-;/m1./s1. The summed E-state index contributed by atoms with van der Waals surface area (Å²) in [5, 5.41) is 3.29. The molecule has 1 aliphatic heterocycles. The van der Waals surface area contributed by atoms with Crippen LogP contribution in [0.25, 0.3) is 0 Å². The number of amides is 1. The second-order valence-electron chi connectivity index (χ2n) is 4.12. The number of hydrogen-bond donors (Lipinski definition) is 1. The number of halogens is 1. The number of carbonyl (C=O) groups is 1. The summed E-state index contributed by atoms with van der Waals surface area (Å²) in [6.45, 7) is 7.80. The highest BCUT2D eigenvalue weighted by atomic mass is 35.5. The number of carbonyl (C=O) groups excluding carboxylic acids is 1. The number of hydrogen-bond acceptors (Lipinski definition) is 3. The van der Waals surface area contributed by atoms with Gasteiger partial charge in [0.25, 0.3) is 0 Å². The smallest absolute Gasteiger partial charge is 0.239 e. The lowest BCUT2D eigenvalue weighted by Gasteiger charge is -2.29. The molecule has 0 aromatic rings. The Kier molecular flexibility index (Phi) is 9.50. The van der Waals surface area contributed by atoms with Gasteiger partial charge in [-0.2, -0.15) is 0 Å². The van der Waals surface area contributed by atoms with Crippen LogP contribution in [0, 0.1) is 0 Å². The third-order valence-corrected chi connectivity index (χ3v) is 3.01. The Morgan fingerprint density at radius 2 is 2.18 bits per heavy atom. The first-order valence-electron chi connectivity index (χ1n) is 6.39. The maximum atomic E-state index is 12.1. The first kappa shape index (κ1) is 16.7. The first-order valence-corrected chi connectivity index (χ1v) is 6.39. The lowest BCUT2D eigenvalue weighted by atomic mass is 10.0. The maximum absolute atomic E-state index is 12.1. The molecule has 5 heteroatoms. The summed E-state index contributed by atoms with van der Waals surface area (Å²) >= 11 is 0. The van der Waals surface area contributed by atoms with E-state index >= 15 is 0 Å². The number of rotatable bonds is 6. The van der Waals surface area contributed by atoms with E-state index < -0.39 is 0 Å². The number of likely N-dealkylation sites (N-methyl/N-ethyl adjacent to an activating group) is 1. The Bertz CT molecular complexity index is 209. The van der Waals surface area contributed by atoms with Crippen LogP contribution in [0.5, 0.6) is 0 Å². The van der Waals surface area contributed by atoms with Crippen molar-refractivity contribution in [2.45, 2.75) is 39.2 Å². The van der Waals surface area contributed by atoms with Crippen molar-refractivity contribution >= 4 is 18.3 Å². The summed E-state index contributed by atoms with van der Waals surface area (Å²) in [7, 11) is 0. The van der Waals surface area contributed by atoms with Crippen molar-refractivity contribution in [3.63, 3.8) is 0 Å². The van der Waals surface area contributed by atoms with Gasteiger partial charge in [-0.1, -0.05) is 6.42 Å². The van der Waals surface area contributed by atoms with Gasteiger partial charge in [0.2, 0.25) is 5.91 Å². The van der Waals surface area contributed by atoms with E-state index in [0.29, 0.717) is 19.8 Å². The topological polar surface area (TPSA) is 41.6 Å². The quantitative estimate of drug-likeness (QED) is 0.738. The van der Waals surface area contributed by atoms with E-state index in [1.807, 2.05) is 18.7 Å². The second-order valence-corrected chi connectivity index (χ2v) is 4.12. The molecule has 1 amide bonds. The Morgan fingerprint density at radius 3 is 2.71 bits per heavy atom. The van der Waals surface area contributed by atoms with Crippen LogP contribution in [0.1, 0.15) is 33.1 Å². The number of nitrogens with zero attached hydrogens (tertiary/aromatic N) is 1. The highest BCUT2D eigenvalue weighted by Crippen LogP contribution is 2.09. The molecule has 1 rings (SSSR count). The molecule has 0 unspecified atom stereocenters. The maximum Gasteiger partial charge on any atom is 0.239 e. The van der Waals surface area contributed by atoms with Crippen LogP contribution in [-0.2, 0) is 9.53 Å². The van der Waals surface area contributed by atoms with Crippen LogP contribution in [0.4, 0.5) is 0 Å². The van der Waals surface area contributed by atoms with Gasteiger partial charge in [-0.25, -0.2) is 0 Å². The number of nitrogens with one attached hydrogen (secondary N) is 1. The lowest BCUT2D eigenvalue weighted by molar-refractivity contribution is -0.134. The van der Waals surface area contributed by atoms with Crippen LogP contribution >= 0.6 is 12.4 Å². The van der Waals surface area contributed by atoms with E-state index in [0.717, 1.165) is 25.9 Å². The summed E-state index contributed by atoms with van der Waals surface area (Å²) in [6, 6.07) is 0.0373. The van der Waals surface area contributed by atoms with Gasteiger partial charge in [0.1, 0.15) is 0 Å². The molecule has 4 nitrogen and oxygen atoms in total. The Balaban J connectivity index is 0.00000256. The van der Waals surface area contributed by atoms with E-state index in [4.69, 9.17) is 4.74 Å². The average molecular weight is 265 g/mol. The zero-order chi connectivity index (χ0) is 11.8. The van der Waals surface area contributed by atoms with Gasteiger partial charge in [0, 0.05) is 19.7 Å². The monoisotopic (exact) mass is 264 g/mol. The molecule has 0 bridgehead atoms. The molecule has 0 saturated carbocycles. The molecule has 0 aromatic heterocycles. The molecule has 17 heavy (non-hydrogen) atoms. The summed E-state index contributed by atoms with van der Waals surface area (Å²) in [6.07, 6.45) is 3.32. The predicted octanol–water partition coefficient (Wildman–Crippen LogP) is 1.44. The molecule has 1 fully saturated rings. The second kappa shape index (κ2) is 9.68. The minimum Gasteiger partial charge on any atom is -0.380 e. The van der Waals surface area contributed by atoms with Crippen LogP contribution < -0.4 is 5.32 Å². The van der Waals surface area contributed by atoms with Gasteiger partial charge in [-0.15, -0.1) is 12.4 Å². The van der Waals surface area contributed by atoms with E-state index in [1.165, 1.54) is 6.42 Å². The molecular formula is C12H25ClN2O2. The van der Waals surface area contributed by atoms with Crippen molar-refractivity contribution in [1.29, 1.82) is 0 Å². The highest BCUT2D eigenvalue weighted by Gasteiger charge is 2.24. The Hall–Kier alpha value is -0.320. The fraction of sp³-hybridized carbons (Fsp3) is 0.917. The van der Waals surface area contributed by atoms with E-state index in [9.17, 15) is 4.79 Å². The van der Waals surface area contributed by atoms with Gasteiger partial charge in [0.15, 0.2) is 0 Å². The van der Waals surface area contributed by atoms with Crippen molar-refractivity contribution in [2.24, 2.45) is 0 Å². The van der Waals surface area contributed by atoms with E-state index in [-0.39, 0.29) is 24.4 Å². The molecule has 1 heterocycles. The summed E-state index contributed by atoms with van der Waals surface area (Å²) in [4.78, 5) is 14.0. The third kappa shape index (κ3) is 5.70. The summed E-state index contributed by atoms with van der Waals surface area (Å²) in [5.74, 6) is 0.238. The van der Waals surface area contributed by atoms with Crippen molar-refractivity contribution in [3.8, 4) is 0 Å². The molecule has 1 atom stereocenters. The largest absolute Gasteiger partial charge is 0.380 e. The Labute approximate surface area is 110 Å². The zero-order valence-corrected chi connectivity index (χ0v) is 11.7. The van der Waals surface area contributed by atoms with Crippen molar-refractivity contribution in [2.75, 3.05) is 32.8 Å². The number of piperidine rings is 1. The van der Waals surface area contributed by atoms with Gasteiger partial charge >= 0.3 is 0 Å². The predicted molar refractivity (Wildman–Crippen MR) is 71.6 cm³/mol. The van der Waals surface area contributed by atoms with Gasteiger partial charge in [0.05, 0.1) is 12.6 Å². The minimum absolute atomic E-state index is 0. The molecule has 0 aromatic carbocycles. The molecule has 1 N–H and O–H groups in total. The molecule has 0 radical (unpaired) electrons. The van der Waals surface area contributed by atoms with Crippen molar-refractivity contribution < 1.29 is 9.53 Å². The van der Waals surface area contributed by atoms with Crippen LogP contribution in [0.15, 0.2) is 0 Å². The minimum atomic E-state index is 0. The summed E-state index contributed by atoms with van der Waals surface area (Å²) < 4.78 is 5.29. The Morgan fingerprint density at radius 1 is 1.41 bits per heavy atom. The number of ether oxygens (including phenoxy) is 1. The van der Waals surface area contributed by atoms with Gasteiger partial charge in [-0.3, -0.25) is 4.79 Å². The fourth-order valence-corrected chi connectivity index (χ4v) is 2.03. The zero-order valence-electron chi connectivity index (χ0n) is 10.9. The lowest BCUT2D eigenvalue weighted by Crippen LogP contribution is -2.49. The highest BCUT2D eigenvalue weighted by molar-refractivity contribution is 5.85.